The zero-order valence-electron chi connectivity index (χ0n) is 11.4. The predicted octanol–water partition coefficient (Wildman–Crippen LogP) is 5.36. The van der Waals surface area contributed by atoms with Crippen LogP contribution >= 0.6 is 22.9 Å². The van der Waals surface area contributed by atoms with Crippen molar-refractivity contribution >= 4 is 32.6 Å². The third-order valence-electron chi connectivity index (χ3n) is 3.02. The maximum Gasteiger partial charge on any atom is 0.0952 e. The molecular formula is C13H28INOS. The summed E-state index contributed by atoms with van der Waals surface area (Å²) in [6.07, 6.45) is 15.0. The smallest absolute Gasteiger partial charge is 0.0952 e. The van der Waals surface area contributed by atoms with Crippen molar-refractivity contribution < 1.29 is 4.21 Å². The second-order valence-electron chi connectivity index (χ2n) is 4.91. The molecular weight excluding hydrogens is 345 g/mol. The zero-order valence-corrected chi connectivity index (χ0v) is 14.4. The fourth-order valence-corrected chi connectivity index (χ4v) is 3.29. The van der Waals surface area contributed by atoms with Crippen LogP contribution in [0, 0.1) is 0 Å². The van der Waals surface area contributed by atoms with Crippen molar-refractivity contribution in [2.75, 3.05) is 12.0 Å². The SMILES string of the molecule is CCCCCCCCCCCCS(C)(=O)=NI. The highest BCUT2D eigenvalue weighted by molar-refractivity contribution is 14.1. The third-order valence-corrected chi connectivity index (χ3v) is 6.86. The lowest BCUT2D eigenvalue weighted by Crippen LogP contribution is -2.01. The van der Waals surface area contributed by atoms with Crippen molar-refractivity contribution in [3.63, 3.8) is 0 Å². The molecule has 0 spiro atoms. The number of halogens is 1. The Morgan fingerprint density at radius 1 is 0.882 bits per heavy atom. The van der Waals surface area contributed by atoms with E-state index >= 15 is 0 Å². The van der Waals surface area contributed by atoms with E-state index < -0.39 is 9.73 Å². The molecule has 0 heterocycles. The van der Waals surface area contributed by atoms with Gasteiger partial charge in [0.1, 0.15) is 0 Å². The number of nitrogens with zero attached hydrogens (tertiary/aromatic N) is 1. The molecule has 2 nitrogen and oxygen atoms in total. The van der Waals surface area contributed by atoms with Gasteiger partial charge >= 0.3 is 0 Å². The van der Waals surface area contributed by atoms with Crippen LogP contribution in [0.15, 0.2) is 2.58 Å². The van der Waals surface area contributed by atoms with Crippen LogP contribution in [-0.4, -0.2) is 16.2 Å². The summed E-state index contributed by atoms with van der Waals surface area (Å²) in [5.41, 5.74) is 0. The molecule has 0 aromatic heterocycles. The molecule has 17 heavy (non-hydrogen) atoms. The molecule has 1 atom stereocenters. The maximum absolute atomic E-state index is 11.6. The number of hydrogen-bond donors (Lipinski definition) is 0. The largest absolute Gasteiger partial charge is 0.249 e. The topological polar surface area (TPSA) is 29.4 Å². The fraction of sp³-hybridized carbons (Fsp3) is 1.00. The molecule has 0 aliphatic carbocycles. The number of rotatable bonds is 11. The number of unbranched alkanes of at least 4 members (excludes halogenated alkanes) is 9. The summed E-state index contributed by atoms with van der Waals surface area (Å²) >= 11 is 1.87. The first kappa shape index (κ1) is 17.7. The Kier molecular flexibility index (Phi) is 12.2. The molecule has 0 aromatic rings. The highest BCUT2D eigenvalue weighted by atomic mass is 127. The average molecular weight is 373 g/mol. The van der Waals surface area contributed by atoms with E-state index in [4.69, 9.17) is 0 Å². The Morgan fingerprint density at radius 2 is 1.29 bits per heavy atom. The Morgan fingerprint density at radius 3 is 1.71 bits per heavy atom. The van der Waals surface area contributed by atoms with Gasteiger partial charge in [0.05, 0.1) is 32.6 Å². The van der Waals surface area contributed by atoms with Crippen molar-refractivity contribution in [1.82, 2.24) is 0 Å². The first-order chi connectivity index (χ1) is 8.12. The van der Waals surface area contributed by atoms with Crippen LogP contribution in [-0.2, 0) is 9.73 Å². The van der Waals surface area contributed by atoms with Crippen molar-refractivity contribution in [2.45, 2.75) is 71.1 Å². The highest BCUT2D eigenvalue weighted by Gasteiger charge is 1.99. The molecule has 1 unspecified atom stereocenters. The highest BCUT2D eigenvalue weighted by Crippen LogP contribution is 2.11. The quantitative estimate of drug-likeness (QED) is 0.354. The predicted molar refractivity (Wildman–Crippen MR) is 87.2 cm³/mol. The third kappa shape index (κ3) is 12.9. The van der Waals surface area contributed by atoms with E-state index in [1.54, 1.807) is 6.26 Å². The summed E-state index contributed by atoms with van der Waals surface area (Å²) in [6.45, 7) is 2.26. The molecule has 0 bridgehead atoms. The lowest BCUT2D eigenvalue weighted by atomic mass is 10.1. The second kappa shape index (κ2) is 11.8. The van der Waals surface area contributed by atoms with Crippen LogP contribution < -0.4 is 0 Å². The van der Waals surface area contributed by atoms with Gasteiger partial charge in [0.2, 0.25) is 0 Å². The normalized spacial score (nSPS) is 14.5. The van der Waals surface area contributed by atoms with Crippen molar-refractivity contribution in [3.8, 4) is 0 Å². The van der Waals surface area contributed by atoms with Gasteiger partial charge in [-0.1, -0.05) is 64.7 Å². The molecule has 0 fully saturated rings. The Balaban J connectivity index is 3.17. The van der Waals surface area contributed by atoms with Gasteiger partial charge in [-0.2, -0.15) is 2.58 Å². The van der Waals surface area contributed by atoms with Gasteiger partial charge in [-0.05, 0) is 6.42 Å². The van der Waals surface area contributed by atoms with Gasteiger partial charge in [-0.3, -0.25) is 0 Å². The summed E-state index contributed by atoms with van der Waals surface area (Å²) in [4.78, 5) is 0. The van der Waals surface area contributed by atoms with Gasteiger partial charge in [-0.15, -0.1) is 0 Å². The van der Waals surface area contributed by atoms with Crippen LogP contribution in [0.5, 0.6) is 0 Å². The average Bonchev–Trinajstić information content (AvgIpc) is 2.31. The summed E-state index contributed by atoms with van der Waals surface area (Å²) in [5.74, 6) is 0.770. The standard InChI is InChI=1S/C13H28INOS/c1-3-4-5-6-7-8-9-10-11-12-13-17(2,16)15-14/h3-13H2,1-2H3. The Labute approximate surface area is 122 Å². The Hall–Kier alpha value is 0.680. The van der Waals surface area contributed by atoms with E-state index in [1.165, 1.54) is 57.8 Å². The van der Waals surface area contributed by atoms with Crippen molar-refractivity contribution in [1.29, 1.82) is 0 Å². The number of hydrogen-bond acceptors (Lipinski definition) is 2. The van der Waals surface area contributed by atoms with E-state index in [0.29, 0.717) is 0 Å². The van der Waals surface area contributed by atoms with Crippen LogP contribution in [0.2, 0.25) is 0 Å². The molecule has 0 radical (unpaired) electrons. The lowest BCUT2D eigenvalue weighted by Gasteiger charge is -2.03. The summed E-state index contributed by atoms with van der Waals surface area (Å²) in [7, 11) is -1.87. The Bertz CT molecular complexity index is 273. The van der Waals surface area contributed by atoms with Crippen LogP contribution in [0.3, 0.4) is 0 Å². The minimum atomic E-state index is -1.87. The summed E-state index contributed by atoms with van der Waals surface area (Å²) in [5, 5.41) is 0. The molecule has 0 saturated heterocycles. The molecule has 104 valence electrons. The van der Waals surface area contributed by atoms with Crippen molar-refractivity contribution in [2.24, 2.45) is 2.58 Å². The first-order valence-electron chi connectivity index (χ1n) is 6.92. The van der Waals surface area contributed by atoms with Gasteiger partial charge in [0.25, 0.3) is 0 Å². The van der Waals surface area contributed by atoms with E-state index in [2.05, 4.69) is 9.50 Å². The monoisotopic (exact) mass is 373 g/mol. The first-order valence-corrected chi connectivity index (χ1v) is 9.98. The van der Waals surface area contributed by atoms with Gasteiger partial charge in [-0.25, -0.2) is 4.21 Å². The fourth-order valence-electron chi connectivity index (χ4n) is 1.89. The molecule has 0 rings (SSSR count). The molecule has 4 heteroatoms. The van der Waals surface area contributed by atoms with Gasteiger partial charge in [0, 0.05) is 12.0 Å². The summed E-state index contributed by atoms with van der Waals surface area (Å²) < 4.78 is 15.5. The molecule has 0 saturated carbocycles. The molecule has 0 N–H and O–H groups in total. The molecule has 0 amide bonds. The van der Waals surface area contributed by atoms with Crippen molar-refractivity contribution in [3.05, 3.63) is 0 Å². The van der Waals surface area contributed by atoms with E-state index in [9.17, 15) is 4.21 Å². The minimum Gasteiger partial charge on any atom is -0.249 e. The van der Waals surface area contributed by atoms with Gasteiger partial charge < -0.3 is 0 Å². The second-order valence-corrected chi connectivity index (χ2v) is 8.56. The molecule has 0 aromatic carbocycles. The minimum absolute atomic E-state index is 0.770. The maximum atomic E-state index is 11.6. The van der Waals surface area contributed by atoms with E-state index in [1.807, 2.05) is 22.9 Å². The molecule has 0 aliphatic heterocycles. The van der Waals surface area contributed by atoms with Gasteiger partial charge in [0.15, 0.2) is 0 Å². The van der Waals surface area contributed by atoms with E-state index in [-0.39, 0.29) is 0 Å². The lowest BCUT2D eigenvalue weighted by molar-refractivity contribution is 0.562. The molecule has 0 aliphatic rings. The van der Waals surface area contributed by atoms with Crippen LogP contribution in [0.1, 0.15) is 71.1 Å². The van der Waals surface area contributed by atoms with E-state index in [0.717, 1.165) is 12.2 Å². The summed E-state index contributed by atoms with van der Waals surface area (Å²) in [6, 6.07) is 0. The zero-order chi connectivity index (χ0) is 13.0. The van der Waals surface area contributed by atoms with Crippen LogP contribution in [0.25, 0.3) is 0 Å². The van der Waals surface area contributed by atoms with Crippen LogP contribution in [0.4, 0.5) is 0 Å².